The quantitative estimate of drug-likeness (QED) is 0.230. The van der Waals surface area contributed by atoms with Crippen LogP contribution in [0.3, 0.4) is 0 Å². The Bertz CT molecular complexity index is 2220. The summed E-state index contributed by atoms with van der Waals surface area (Å²) in [5, 5.41) is 4.36. The van der Waals surface area contributed by atoms with Crippen molar-refractivity contribution in [3.8, 4) is 45.3 Å². The molecule has 0 aliphatic rings. The van der Waals surface area contributed by atoms with E-state index < -0.39 is 0 Å². The van der Waals surface area contributed by atoms with E-state index in [0.717, 1.165) is 55.1 Å². The summed E-state index contributed by atoms with van der Waals surface area (Å²) in [4.78, 5) is 15.2. The predicted molar refractivity (Wildman–Crippen MR) is 166 cm³/mol. The van der Waals surface area contributed by atoms with Crippen LogP contribution in [0.5, 0.6) is 0 Å². The number of para-hydroxylation sites is 1. The van der Waals surface area contributed by atoms with Crippen molar-refractivity contribution in [2.24, 2.45) is 0 Å². The minimum atomic E-state index is 0.612. The summed E-state index contributed by atoms with van der Waals surface area (Å²) in [6, 6.07) is 47.6. The average Bonchev–Trinajstić information content (AvgIpc) is 3.44. The van der Waals surface area contributed by atoms with E-state index in [9.17, 15) is 0 Å². The number of nitrogens with zero attached hydrogens (tertiary/aromatic N) is 3. The van der Waals surface area contributed by atoms with Crippen molar-refractivity contribution in [2.75, 3.05) is 0 Å². The van der Waals surface area contributed by atoms with Crippen molar-refractivity contribution >= 4 is 32.7 Å². The summed E-state index contributed by atoms with van der Waals surface area (Å²) in [6.45, 7) is 0. The summed E-state index contributed by atoms with van der Waals surface area (Å²) in [7, 11) is 0. The summed E-state index contributed by atoms with van der Waals surface area (Å²) in [6.07, 6.45) is 0. The van der Waals surface area contributed by atoms with Crippen molar-refractivity contribution in [3.05, 3.63) is 140 Å². The van der Waals surface area contributed by atoms with E-state index in [1.165, 1.54) is 5.39 Å². The number of fused-ring (bicyclic) bond motifs is 4. The van der Waals surface area contributed by atoms with Gasteiger partial charge in [0, 0.05) is 27.5 Å². The van der Waals surface area contributed by atoms with E-state index in [0.29, 0.717) is 17.5 Å². The summed E-state index contributed by atoms with van der Waals surface area (Å²) >= 11 is 0. The van der Waals surface area contributed by atoms with Gasteiger partial charge in [-0.1, -0.05) is 115 Å². The maximum atomic E-state index is 6.19. The lowest BCUT2D eigenvalue weighted by Crippen LogP contribution is -2.00. The monoisotopic (exact) mass is 525 g/mol. The topological polar surface area (TPSA) is 51.8 Å². The Morgan fingerprint density at radius 3 is 1.90 bits per heavy atom. The standard InChI is InChI=1S/C37H23N3O/c1-2-10-24(11-3-1)27-14-8-15-28(22-27)35-38-36(29-21-20-25-12-4-5-13-26(25)23-29)40-37(39-35)31-17-9-19-33-34(31)30-16-6-7-18-32(30)41-33/h1-23H. The highest BCUT2D eigenvalue weighted by molar-refractivity contribution is 6.11. The van der Waals surface area contributed by atoms with Crippen molar-refractivity contribution in [1.82, 2.24) is 15.0 Å². The molecule has 0 spiro atoms. The van der Waals surface area contributed by atoms with Crippen LogP contribution < -0.4 is 0 Å². The molecule has 4 nitrogen and oxygen atoms in total. The molecule has 0 aliphatic carbocycles. The maximum Gasteiger partial charge on any atom is 0.164 e. The van der Waals surface area contributed by atoms with E-state index in [2.05, 4.69) is 103 Å². The molecule has 8 aromatic rings. The minimum absolute atomic E-state index is 0.612. The highest BCUT2D eigenvalue weighted by atomic mass is 16.3. The van der Waals surface area contributed by atoms with Crippen LogP contribution in [0.2, 0.25) is 0 Å². The maximum absolute atomic E-state index is 6.19. The van der Waals surface area contributed by atoms with Gasteiger partial charge in [0.2, 0.25) is 0 Å². The number of furan rings is 1. The van der Waals surface area contributed by atoms with Crippen LogP contribution in [0.25, 0.3) is 78.0 Å². The fourth-order valence-electron chi connectivity index (χ4n) is 5.51. The molecule has 41 heavy (non-hydrogen) atoms. The Morgan fingerprint density at radius 2 is 1.02 bits per heavy atom. The van der Waals surface area contributed by atoms with Crippen molar-refractivity contribution in [2.45, 2.75) is 0 Å². The minimum Gasteiger partial charge on any atom is -0.456 e. The van der Waals surface area contributed by atoms with Gasteiger partial charge in [-0.2, -0.15) is 0 Å². The van der Waals surface area contributed by atoms with Crippen LogP contribution in [0, 0.1) is 0 Å². The van der Waals surface area contributed by atoms with Gasteiger partial charge in [0.15, 0.2) is 17.5 Å². The zero-order chi connectivity index (χ0) is 27.2. The van der Waals surface area contributed by atoms with Crippen LogP contribution >= 0.6 is 0 Å². The third kappa shape index (κ3) is 4.14. The SMILES string of the molecule is c1ccc(-c2cccc(-c3nc(-c4ccc5ccccc5c4)nc(-c4cccc5oc6ccccc6c45)n3)c2)cc1. The molecule has 192 valence electrons. The van der Waals surface area contributed by atoms with Gasteiger partial charge >= 0.3 is 0 Å². The molecule has 0 atom stereocenters. The molecule has 0 saturated heterocycles. The largest absolute Gasteiger partial charge is 0.456 e. The summed E-state index contributed by atoms with van der Waals surface area (Å²) < 4.78 is 6.19. The molecule has 0 saturated carbocycles. The molecular formula is C37H23N3O. The van der Waals surface area contributed by atoms with Gasteiger partial charge in [0.1, 0.15) is 11.2 Å². The Morgan fingerprint density at radius 1 is 0.390 bits per heavy atom. The van der Waals surface area contributed by atoms with E-state index in [-0.39, 0.29) is 0 Å². The van der Waals surface area contributed by atoms with Gasteiger partial charge in [-0.15, -0.1) is 0 Å². The van der Waals surface area contributed by atoms with Crippen LogP contribution in [0.1, 0.15) is 0 Å². The van der Waals surface area contributed by atoms with Gasteiger partial charge in [-0.25, -0.2) is 15.0 Å². The fourth-order valence-corrected chi connectivity index (χ4v) is 5.51. The molecule has 6 aromatic carbocycles. The Hall–Kier alpha value is -5.61. The molecule has 2 aromatic heterocycles. The smallest absolute Gasteiger partial charge is 0.164 e. The average molecular weight is 526 g/mol. The zero-order valence-corrected chi connectivity index (χ0v) is 22.0. The van der Waals surface area contributed by atoms with E-state index in [1.807, 2.05) is 36.4 Å². The second kappa shape index (κ2) is 9.54. The van der Waals surface area contributed by atoms with E-state index in [4.69, 9.17) is 19.4 Å². The molecule has 0 aliphatic heterocycles. The van der Waals surface area contributed by atoms with Gasteiger partial charge in [-0.3, -0.25) is 0 Å². The van der Waals surface area contributed by atoms with Crippen LogP contribution in [0.15, 0.2) is 144 Å². The lowest BCUT2D eigenvalue weighted by molar-refractivity contribution is 0.669. The first-order valence-corrected chi connectivity index (χ1v) is 13.6. The summed E-state index contributed by atoms with van der Waals surface area (Å²) in [5.74, 6) is 1.87. The highest BCUT2D eigenvalue weighted by Crippen LogP contribution is 2.37. The number of aromatic nitrogens is 3. The molecule has 0 fully saturated rings. The molecule has 0 radical (unpaired) electrons. The molecule has 0 N–H and O–H groups in total. The normalized spacial score (nSPS) is 11.4. The van der Waals surface area contributed by atoms with Crippen LogP contribution in [-0.2, 0) is 0 Å². The third-order valence-corrected chi connectivity index (χ3v) is 7.51. The van der Waals surface area contributed by atoms with Crippen molar-refractivity contribution in [1.29, 1.82) is 0 Å². The van der Waals surface area contributed by atoms with Crippen LogP contribution in [-0.4, -0.2) is 15.0 Å². The molecule has 0 amide bonds. The Labute approximate surface area is 236 Å². The van der Waals surface area contributed by atoms with Crippen molar-refractivity contribution in [3.63, 3.8) is 0 Å². The number of benzene rings is 6. The fraction of sp³-hybridized carbons (Fsp3) is 0. The molecule has 0 unspecified atom stereocenters. The molecular weight excluding hydrogens is 502 g/mol. The number of rotatable bonds is 4. The van der Waals surface area contributed by atoms with E-state index >= 15 is 0 Å². The zero-order valence-electron chi connectivity index (χ0n) is 22.0. The first-order chi connectivity index (χ1) is 20.3. The summed E-state index contributed by atoms with van der Waals surface area (Å²) in [5.41, 5.74) is 6.70. The second-order valence-electron chi connectivity index (χ2n) is 10.1. The molecule has 8 rings (SSSR count). The van der Waals surface area contributed by atoms with Crippen molar-refractivity contribution < 1.29 is 4.42 Å². The lowest BCUT2D eigenvalue weighted by atomic mass is 10.0. The predicted octanol–water partition coefficient (Wildman–Crippen LogP) is 9.59. The van der Waals surface area contributed by atoms with Gasteiger partial charge in [-0.05, 0) is 46.2 Å². The van der Waals surface area contributed by atoms with Gasteiger partial charge < -0.3 is 4.42 Å². The Balaban J connectivity index is 1.37. The second-order valence-corrected chi connectivity index (χ2v) is 10.1. The molecule has 2 heterocycles. The first kappa shape index (κ1) is 23.3. The number of hydrogen-bond acceptors (Lipinski definition) is 4. The van der Waals surface area contributed by atoms with Gasteiger partial charge in [0.25, 0.3) is 0 Å². The van der Waals surface area contributed by atoms with E-state index in [1.54, 1.807) is 0 Å². The van der Waals surface area contributed by atoms with Crippen LogP contribution in [0.4, 0.5) is 0 Å². The molecule has 4 heteroatoms. The molecule has 0 bridgehead atoms. The number of hydrogen-bond donors (Lipinski definition) is 0. The third-order valence-electron chi connectivity index (χ3n) is 7.51. The highest BCUT2D eigenvalue weighted by Gasteiger charge is 2.18. The lowest BCUT2D eigenvalue weighted by Gasteiger charge is -2.11. The Kier molecular flexibility index (Phi) is 5.42. The first-order valence-electron chi connectivity index (χ1n) is 13.6. The van der Waals surface area contributed by atoms with Gasteiger partial charge in [0.05, 0.1) is 0 Å².